The molecule has 0 aromatic heterocycles. The molecule has 0 aliphatic carbocycles. The van der Waals surface area contributed by atoms with E-state index in [2.05, 4.69) is 0 Å². The number of methoxy groups -OCH3 is 1. The molecule has 6 nitrogen and oxygen atoms in total. The number of ether oxygens (including phenoxy) is 1. The highest BCUT2D eigenvalue weighted by Crippen LogP contribution is 2.32. The van der Waals surface area contributed by atoms with Gasteiger partial charge in [0.25, 0.3) is 5.91 Å². The average molecular weight is 360 g/mol. The van der Waals surface area contributed by atoms with Gasteiger partial charge in [0.15, 0.2) is 0 Å². The van der Waals surface area contributed by atoms with Gasteiger partial charge in [-0.25, -0.2) is 12.7 Å². The van der Waals surface area contributed by atoms with Crippen molar-refractivity contribution in [3.8, 4) is 5.75 Å². The molecule has 132 valence electrons. The van der Waals surface area contributed by atoms with Crippen LogP contribution >= 0.6 is 0 Å². The van der Waals surface area contributed by atoms with Crippen molar-refractivity contribution in [3.63, 3.8) is 0 Å². The van der Waals surface area contributed by atoms with Gasteiger partial charge in [-0.05, 0) is 54.4 Å². The fourth-order valence-corrected chi connectivity index (χ4v) is 3.80. The fourth-order valence-electron chi connectivity index (χ4n) is 2.85. The van der Waals surface area contributed by atoms with Crippen molar-refractivity contribution in [3.05, 3.63) is 53.6 Å². The molecule has 0 saturated carbocycles. The quantitative estimate of drug-likeness (QED) is 0.838. The summed E-state index contributed by atoms with van der Waals surface area (Å²) in [6, 6.07) is 11.9. The lowest BCUT2D eigenvalue weighted by Gasteiger charge is -2.18. The Kier molecular flexibility index (Phi) is 4.53. The Labute approximate surface area is 147 Å². The van der Waals surface area contributed by atoms with Crippen molar-refractivity contribution in [1.82, 2.24) is 4.31 Å². The predicted octanol–water partition coefficient (Wildman–Crippen LogP) is 2.15. The number of benzene rings is 2. The van der Waals surface area contributed by atoms with Crippen molar-refractivity contribution in [2.75, 3.05) is 32.6 Å². The largest absolute Gasteiger partial charge is 0.497 e. The summed E-state index contributed by atoms with van der Waals surface area (Å²) in [6.07, 6.45) is 0.633. The lowest BCUT2D eigenvalue weighted by Crippen LogP contribution is -2.28. The molecule has 2 aromatic carbocycles. The van der Waals surface area contributed by atoms with Crippen LogP contribution in [0.3, 0.4) is 0 Å². The molecule has 0 spiro atoms. The van der Waals surface area contributed by atoms with Gasteiger partial charge in [-0.1, -0.05) is 0 Å². The number of amides is 1. The molecule has 3 rings (SSSR count). The van der Waals surface area contributed by atoms with E-state index in [9.17, 15) is 13.2 Å². The smallest absolute Gasteiger partial charge is 0.258 e. The van der Waals surface area contributed by atoms with Crippen LogP contribution < -0.4 is 9.64 Å². The zero-order valence-electron chi connectivity index (χ0n) is 14.4. The highest BCUT2D eigenvalue weighted by Gasteiger charge is 2.28. The van der Waals surface area contributed by atoms with Crippen LogP contribution in [0.5, 0.6) is 5.75 Å². The third kappa shape index (κ3) is 3.12. The molecule has 2 aromatic rings. The van der Waals surface area contributed by atoms with Gasteiger partial charge < -0.3 is 9.64 Å². The summed E-state index contributed by atoms with van der Waals surface area (Å²) in [7, 11) is 1.10. The molecular formula is C18H20N2O4S. The van der Waals surface area contributed by atoms with Crippen LogP contribution in [0.15, 0.2) is 47.4 Å². The second-order valence-electron chi connectivity index (χ2n) is 6.01. The van der Waals surface area contributed by atoms with Crippen LogP contribution in [0.25, 0.3) is 0 Å². The van der Waals surface area contributed by atoms with E-state index in [0.29, 0.717) is 24.3 Å². The lowest BCUT2D eigenvalue weighted by atomic mass is 10.1. The Morgan fingerprint density at radius 2 is 1.80 bits per heavy atom. The average Bonchev–Trinajstić information content (AvgIpc) is 3.04. The van der Waals surface area contributed by atoms with Crippen molar-refractivity contribution in [2.24, 2.45) is 0 Å². The van der Waals surface area contributed by atoms with Gasteiger partial charge in [0, 0.05) is 31.9 Å². The predicted molar refractivity (Wildman–Crippen MR) is 95.7 cm³/mol. The van der Waals surface area contributed by atoms with Crippen LogP contribution in [0.2, 0.25) is 0 Å². The van der Waals surface area contributed by atoms with E-state index in [0.717, 1.165) is 11.3 Å². The number of anilines is 1. The number of rotatable bonds is 4. The Hall–Kier alpha value is -2.38. The first kappa shape index (κ1) is 17.4. The highest BCUT2D eigenvalue weighted by atomic mass is 32.2. The molecule has 0 radical (unpaired) electrons. The number of carbonyl (C=O) groups excluding carboxylic acids is 1. The first-order chi connectivity index (χ1) is 11.8. The molecule has 0 unspecified atom stereocenters. The molecule has 0 fully saturated rings. The van der Waals surface area contributed by atoms with Crippen molar-refractivity contribution in [2.45, 2.75) is 11.3 Å². The van der Waals surface area contributed by atoms with E-state index < -0.39 is 10.0 Å². The van der Waals surface area contributed by atoms with E-state index >= 15 is 0 Å². The van der Waals surface area contributed by atoms with Crippen LogP contribution in [-0.2, 0) is 16.4 Å². The van der Waals surface area contributed by atoms with E-state index in [1.165, 1.54) is 18.4 Å². The summed E-state index contributed by atoms with van der Waals surface area (Å²) in [5.41, 5.74) is 2.20. The summed E-state index contributed by atoms with van der Waals surface area (Å²) in [6.45, 7) is 0.533. The third-order valence-corrected chi connectivity index (χ3v) is 6.12. The van der Waals surface area contributed by atoms with Gasteiger partial charge in [-0.15, -0.1) is 0 Å². The first-order valence-corrected chi connectivity index (χ1v) is 9.30. The molecule has 1 aliphatic rings. The number of sulfonamides is 1. The molecule has 0 saturated heterocycles. The molecule has 0 bridgehead atoms. The number of fused-ring (bicyclic) bond motifs is 1. The van der Waals surface area contributed by atoms with Crippen molar-refractivity contribution in [1.29, 1.82) is 0 Å². The molecule has 1 heterocycles. The fraction of sp³-hybridized carbons (Fsp3) is 0.278. The molecule has 1 amide bonds. The minimum absolute atomic E-state index is 0.107. The zero-order valence-corrected chi connectivity index (χ0v) is 15.2. The number of nitrogens with zero attached hydrogens (tertiary/aromatic N) is 2. The Balaban J connectivity index is 1.90. The Morgan fingerprint density at radius 1 is 1.12 bits per heavy atom. The molecule has 7 heteroatoms. The monoisotopic (exact) mass is 360 g/mol. The summed E-state index contributed by atoms with van der Waals surface area (Å²) < 4.78 is 30.8. The van der Waals surface area contributed by atoms with Gasteiger partial charge in [0.05, 0.1) is 12.0 Å². The van der Waals surface area contributed by atoms with E-state index in [-0.39, 0.29) is 10.8 Å². The van der Waals surface area contributed by atoms with E-state index in [1.54, 1.807) is 54.5 Å². The van der Waals surface area contributed by atoms with Crippen LogP contribution in [0, 0.1) is 0 Å². The number of carbonyl (C=O) groups is 1. The zero-order chi connectivity index (χ0) is 18.2. The molecule has 0 N–H and O–H groups in total. The lowest BCUT2D eigenvalue weighted by molar-refractivity contribution is 0.0989. The number of hydrogen-bond donors (Lipinski definition) is 0. The molecule has 0 atom stereocenters. The maximum atomic E-state index is 12.8. The SMILES string of the molecule is COc1ccc(C(=O)N2CCc3cc(S(=O)(=O)N(C)C)ccc32)cc1. The summed E-state index contributed by atoms with van der Waals surface area (Å²) in [5.74, 6) is 0.585. The van der Waals surface area contributed by atoms with E-state index in [4.69, 9.17) is 4.74 Å². The van der Waals surface area contributed by atoms with Gasteiger partial charge in [0.2, 0.25) is 10.0 Å². The standard InChI is InChI=1S/C18H20N2O4S/c1-19(2)25(22,23)16-8-9-17-14(12-16)10-11-20(17)18(21)13-4-6-15(24-3)7-5-13/h4-9,12H,10-11H2,1-3H3. The van der Waals surface area contributed by atoms with E-state index in [1.807, 2.05) is 0 Å². The summed E-state index contributed by atoms with van der Waals surface area (Å²) in [5, 5.41) is 0. The minimum Gasteiger partial charge on any atom is -0.497 e. The van der Waals surface area contributed by atoms with Crippen LogP contribution in [-0.4, -0.2) is 46.4 Å². The van der Waals surface area contributed by atoms with Crippen molar-refractivity contribution >= 4 is 21.6 Å². The summed E-state index contributed by atoms with van der Waals surface area (Å²) >= 11 is 0. The third-order valence-electron chi connectivity index (χ3n) is 4.31. The Bertz CT molecular complexity index is 905. The maximum absolute atomic E-state index is 12.8. The second kappa shape index (κ2) is 6.50. The normalized spacial score (nSPS) is 13.8. The minimum atomic E-state index is -3.48. The number of hydrogen-bond acceptors (Lipinski definition) is 4. The van der Waals surface area contributed by atoms with Gasteiger partial charge in [-0.2, -0.15) is 0 Å². The van der Waals surface area contributed by atoms with Crippen LogP contribution in [0.4, 0.5) is 5.69 Å². The Morgan fingerprint density at radius 3 is 2.40 bits per heavy atom. The topological polar surface area (TPSA) is 66.9 Å². The maximum Gasteiger partial charge on any atom is 0.258 e. The highest BCUT2D eigenvalue weighted by molar-refractivity contribution is 7.89. The molecular weight excluding hydrogens is 340 g/mol. The van der Waals surface area contributed by atoms with Crippen LogP contribution in [0.1, 0.15) is 15.9 Å². The molecule has 25 heavy (non-hydrogen) atoms. The van der Waals surface area contributed by atoms with Gasteiger partial charge in [-0.3, -0.25) is 4.79 Å². The first-order valence-electron chi connectivity index (χ1n) is 7.86. The van der Waals surface area contributed by atoms with Gasteiger partial charge >= 0.3 is 0 Å². The second-order valence-corrected chi connectivity index (χ2v) is 8.17. The van der Waals surface area contributed by atoms with Gasteiger partial charge in [0.1, 0.15) is 5.75 Å². The summed E-state index contributed by atoms with van der Waals surface area (Å²) in [4.78, 5) is 14.7. The van der Waals surface area contributed by atoms with Crippen molar-refractivity contribution < 1.29 is 17.9 Å². The molecule has 1 aliphatic heterocycles.